The molecule has 2 N–H and O–H groups in total. The number of carboxylic acids is 1. The average molecular weight is 326 g/mol. The Morgan fingerprint density at radius 3 is 2.55 bits per heavy atom. The molecule has 1 aromatic carbocycles. The number of carbonyl (C=O) groups is 2. The van der Waals surface area contributed by atoms with Crippen LogP contribution in [0.2, 0.25) is 5.02 Å². The molecular formula is C16H20ClNO4. The van der Waals surface area contributed by atoms with Crippen molar-refractivity contribution in [3.05, 3.63) is 29.3 Å². The van der Waals surface area contributed by atoms with E-state index in [0.29, 0.717) is 36.6 Å². The Morgan fingerprint density at radius 1 is 1.32 bits per heavy atom. The van der Waals surface area contributed by atoms with Crippen molar-refractivity contribution in [3.8, 4) is 5.75 Å². The van der Waals surface area contributed by atoms with Crippen LogP contribution in [-0.2, 0) is 9.59 Å². The molecule has 1 aromatic rings. The number of hydrogen-bond donors (Lipinski definition) is 2. The number of carbonyl (C=O) groups excluding carboxylic acids is 1. The highest BCUT2D eigenvalue weighted by Gasteiger charge is 2.33. The van der Waals surface area contributed by atoms with E-state index in [2.05, 4.69) is 5.32 Å². The van der Waals surface area contributed by atoms with Crippen molar-refractivity contribution in [2.45, 2.75) is 32.3 Å². The van der Waals surface area contributed by atoms with Crippen molar-refractivity contribution in [1.82, 2.24) is 5.32 Å². The molecule has 0 aliphatic heterocycles. The SMILES string of the molecule is C[C@@H](CNC(=O)[C@@H]1CC[C@H](C(=O)O)C1)Oc1ccc(Cl)cc1. The summed E-state index contributed by atoms with van der Waals surface area (Å²) in [6.45, 7) is 2.25. The van der Waals surface area contributed by atoms with Gasteiger partial charge in [0.25, 0.3) is 0 Å². The zero-order valence-electron chi connectivity index (χ0n) is 12.4. The van der Waals surface area contributed by atoms with E-state index in [0.717, 1.165) is 0 Å². The van der Waals surface area contributed by atoms with E-state index >= 15 is 0 Å². The van der Waals surface area contributed by atoms with Crippen molar-refractivity contribution in [1.29, 1.82) is 0 Å². The van der Waals surface area contributed by atoms with E-state index in [9.17, 15) is 9.59 Å². The van der Waals surface area contributed by atoms with Crippen molar-refractivity contribution in [3.63, 3.8) is 0 Å². The van der Waals surface area contributed by atoms with Gasteiger partial charge in [-0.1, -0.05) is 11.6 Å². The van der Waals surface area contributed by atoms with Gasteiger partial charge in [0.15, 0.2) is 0 Å². The quantitative estimate of drug-likeness (QED) is 0.843. The summed E-state index contributed by atoms with van der Waals surface area (Å²) in [6.07, 6.45) is 1.45. The highest BCUT2D eigenvalue weighted by Crippen LogP contribution is 2.31. The molecule has 0 radical (unpaired) electrons. The smallest absolute Gasteiger partial charge is 0.306 e. The highest BCUT2D eigenvalue weighted by atomic mass is 35.5. The van der Waals surface area contributed by atoms with Gasteiger partial charge in [0.2, 0.25) is 5.91 Å². The topological polar surface area (TPSA) is 75.6 Å². The van der Waals surface area contributed by atoms with Gasteiger partial charge in [0.05, 0.1) is 12.5 Å². The molecule has 1 aliphatic rings. The minimum Gasteiger partial charge on any atom is -0.489 e. The Bertz CT molecular complexity index is 531. The van der Waals surface area contributed by atoms with Crippen LogP contribution in [0.1, 0.15) is 26.2 Å². The van der Waals surface area contributed by atoms with Gasteiger partial charge in [-0.15, -0.1) is 0 Å². The molecule has 0 unspecified atom stereocenters. The molecular weight excluding hydrogens is 306 g/mol. The van der Waals surface area contributed by atoms with Crippen LogP contribution >= 0.6 is 11.6 Å². The number of carboxylic acid groups (broad SMARTS) is 1. The molecule has 1 aliphatic carbocycles. The fourth-order valence-electron chi connectivity index (χ4n) is 2.62. The van der Waals surface area contributed by atoms with Gasteiger partial charge in [-0.25, -0.2) is 0 Å². The van der Waals surface area contributed by atoms with Crippen molar-refractivity contribution >= 4 is 23.5 Å². The Kier molecular flexibility index (Phi) is 5.66. The number of rotatable bonds is 6. The number of ether oxygens (including phenoxy) is 1. The lowest BCUT2D eigenvalue weighted by atomic mass is 10.0. The fraction of sp³-hybridized carbons (Fsp3) is 0.500. The summed E-state index contributed by atoms with van der Waals surface area (Å²) in [6, 6.07) is 7.03. The van der Waals surface area contributed by atoms with Crippen molar-refractivity contribution in [2.75, 3.05) is 6.54 Å². The molecule has 120 valence electrons. The second-order valence-corrected chi connectivity index (χ2v) is 6.11. The minimum absolute atomic E-state index is 0.0877. The molecule has 22 heavy (non-hydrogen) atoms. The Morgan fingerprint density at radius 2 is 1.95 bits per heavy atom. The molecule has 5 nitrogen and oxygen atoms in total. The first kappa shape index (κ1) is 16.6. The lowest BCUT2D eigenvalue weighted by Crippen LogP contribution is -2.36. The summed E-state index contributed by atoms with van der Waals surface area (Å²) in [5, 5.41) is 12.4. The second-order valence-electron chi connectivity index (χ2n) is 5.67. The summed E-state index contributed by atoms with van der Waals surface area (Å²) in [7, 11) is 0. The zero-order valence-corrected chi connectivity index (χ0v) is 13.2. The maximum absolute atomic E-state index is 12.0. The molecule has 3 atom stereocenters. The molecule has 1 saturated carbocycles. The van der Waals surface area contributed by atoms with E-state index in [1.807, 2.05) is 6.92 Å². The van der Waals surface area contributed by atoms with Gasteiger partial charge in [-0.05, 0) is 50.5 Å². The third-order valence-electron chi connectivity index (χ3n) is 3.87. The first-order chi connectivity index (χ1) is 10.5. The fourth-order valence-corrected chi connectivity index (χ4v) is 2.75. The third kappa shape index (κ3) is 4.63. The van der Waals surface area contributed by atoms with Gasteiger partial charge in [-0.2, -0.15) is 0 Å². The minimum atomic E-state index is -0.810. The van der Waals surface area contributed by atoms with E-state index in [1.165, 1.54) is 0 Å². The van der Waals surface area contributed by atoms with Crippen LogP contribution in [0.4, 0.5) is 0 Å². The van der Waals surface area contributed by atoms with Gasteiger partial charge in [0.1, 0.15) is 11.9 Å². The molecule has 0 heterocycles. The molecule has 0 saturated heterocycles. The van der Waals surface area contributed by atoms with E-state index in [-0.39, 0.29) is 17.9 Å². The molecule has 6 heteroatoms. The summed E-state index contributed by atoms with van der Waals surface area (Å²) in [4.78, 5) is 22.9. The monoisotopic (exact) mass is 325 g/mol. The normalized spacial score (nSPS) is 22.1. The van der Waals surface area contributed by atoms with Gasteiger partial charge < -0.3 is 15.2 Å². The number of halogens is 1. The Labute approximate surface area is 134 Å². The predicted octanol–water partition coefficient (Wildman–Crippen LogP) is 2.72. The van der Waals surface area contributed by atoms with Crippen molar-refractivity contribution in [2.24, 2.45) is 11.8 Å². The van der Waals surface area contributed by atoms with Crippen LogP contribution < -0.4 is 10.1 Å². The average Bonchev–Trinajstić information content (AvgIpc) is 2.97. The summed E-state index contributed by atoms with van der Waals surface area (Å²) >= 11 is 5.80. The van der Waals surface area contributed by atoms with Crippen LogP contribution in [0.15, 0.2) is 24.3 Å². The van der Waals surface area contributed by atoms with E-state index < -0.39 is 11.9 Å². The predicted molar refractivity (Wildman–Crippen MR) is 83.0 cm³/mol. The first-order valence-corrected chi connectivity index (χ1v) is 7.76. The molecule has 0 bridgehead atoms. The van der Waals surface area contributed by atoms with E-state index in [4.69, 9.17) is 21.4 Å². The Hall–Kier alpha value is -1.75. The van der Waals surface area contributed by atoms with E-state index in [1.54, 1.807) is 24.3 Å². The molecule has 1 amide bonds. The molecule has 2 rings (SSSR count). The maximum Gasteiger partial charge on any atom is 0.306 e. The van der Waals surface area contributed by atoms with Gasteiger partial charge in [-0.3, -0.25) is 9.59 Å². The molecule has 1 fully saturated rings. The standard InChI is InChI=1S/C16H20ClNO4/c1-10(22-14-6-4-13(17)5-7-14)9-18-15(19)11-2-3-12(8-11)16(20)21/h4-7,10-12H,2-3,8-9H2,1H3,(H,18,19)(H,20,21)/t10-,11+,12-/m0/s1. The summed E-state index contributed by atoms with van der Waals surface area (Å²) < 4.78 is 5.67. The van der Waals surface area contributed by atoms with Crippen LogP contribution in [0.5, 0.6) is 5.75 Å². The van der Waals surface area contributed by atoms with Gasteiger partial charge in [0, 0.05) is 10.9 Å². The van der Waals surface area contributed by atoms with Crippen LogP contribution in [0.3, 0.4) is 0 Å². The number of nitrogens with one attached hydrogen (secondary N) is 1. The maximum atomic E-state index is 12.0. The molecule has 0 aromatic heterocycles. The zero-order chi connectivity index (χ0) is 16.1. The largest absolute Gasteiger partial charge is 0.489 e. The van der Waals surface area contributed by atoms with Gasteiger partial charge >= 0.3 is 5.97 Å². The third-order valence-corrected chi connectivity index (χ3v) is 4.12. The lowest BCUT2D eigenvalue weighted by Gasteiger charge is -2.17. The van der Waals surface area contributed by atoms with Crippen LogP contribution in [0.25, 0.3) is 0 Å². The number of aliphatic carboxylic acids is 1. The number of amides is 1. The van der Waals surface area contributed by atoms with Crippen LogP contribution in [-0.4, -0.2) is 29.6 Å². The van der Waals surface area contributed by atoms with Crippen LogP contribution in [0, 0.1) is 11.8 Å². The lowest BCUT2D eigenvalue weighted by molar-refractivity contribution is -0.141. The second kappa shape index (κ2) is 7.49. The highest BCUT2D eigenvalue weighted by molar-refractivity contribution is 6.30. The Balaban J connectivity index is 1.74. The van der Waals surface area contributed by atoms with Crippen molar-refractivity contribution < 1.29 is 19.4 Å². The summed E-state index contributed by atoms with van der Waals surface area (Å²) in [5.74, 6) is -0.801. The first-order valence-electron chi connectivity index (χ1n) is 7.38. The number of hydrogen-bond acceptors (Lipinski definition) is 3. The molecule has 0 spiro atoms. The summed E-state index contributed by atoms with van der Waals surface area (Å²) in [5.41, 5.74) is 0. The number of benzene rings is 1.